The van der Waals surface area contributed by atoms with E-state index in [4.69, 9.17) is 0 Å². The van der Waals surface area contributed by atoms with Crippen LogP contribution in [0, 0.1) is 11.8 Å². The van der Waals surface area contributed by atoms with Crippen molar-refractivity contribution in [3.05, 3.63) is 65.2 Å². The van der Waals surface area contributed by atoms with Gasteiger partial charge in [0.05, 0.1) is 4.90 Å². The molecule has 0 bridgehead atoms. The molecule has 1 fully saturated rings. The zero-order chi connectivity index (χ0) is 24.2. The molecule has 2 aromatic carbocycles. The van der Waals surface area contributed by atoms with Crippen molar-refractivity contribution in [2.45, 2.75) is 57.9 Å². The largest absolute Gasteiger partial charge is 0.339 e. The molecular weight excluding hydrogens is 436 g/mol. The van der Waals surface area contributed by atoms with E-state index >= 15 is 0 Å². The average Bonchev–Trinajstić information content (AvgIpc) is 2.77. The second kappa shape index (κ2) is 10.6. The summed E-state index contributed by atoms with van der Waals surface area (Å²) in [6.45, 7) is 8.79. The van der Waals surface area contributed by atoms with E-state index in [-0.39, 0.29) is 28.5 Å². The normalized spacial score (nSPS) is 15.3. The Bertz CT molecular complexity index is 1080. The Morgan fingerprint density at radius 3 is 2.18 bits per heavy atom. The zero-order valence-electron chi connectivity index (χ0n) is 19.9. The molecule has 0 saturated carbocycles. The van der Waals surface area contributed by atoms with Crippen LogP contribution in [0.15, 0.2) is 53.4 Å². The van der Waals surface area contributed by atoms with Crippen LogP contribution < -0.4 is 4.72 Å². The van der Waals surface area contributed by atoms with E-state index in [0.29, 0.717) is 37.4 Å². The summed E-state index contributed by atoms with van der Waals surface area (Å²) in [6.07, 6.45) is 2.20. The lowest BCUT2D eigenvalue weighted by Crippen LogP contribution is -2.40. The number of amides is 1. The molecule has 0 spiro atoms. The van der Waals surface area contributed by atoms with Crippen LogP contribution in [-0.2, 0) is 16.4 Å². The predicted molar refractivity (Wildman–Crippen MR) is 130 cm³/mol. The summed E-state index contributed by atoms with van der Waals surface area (Å²) in [5, 5.41) is 0. The van der Waals surface area contributed by atoms with Crippen molar-refractivity contribution in [3.8, 4) is 0 Å². The number of likely N-dealkylation sites (tertiary alicyclic amines) is 1. The first-order chi connectivity index (χ1) is 15.6. The molecule has 7 heteroatoms. The fourth-order valence-electron chi connectivity index (χ4n) is 4.21. The number of carbonyl (C=O) groups excluding carboxylic acids is 2. The Balaban J connectivity index is 1.62. The maximum Gasteiger partial charge on any atom is 0.253 e. The summed E-state index contributed by atoms with van der Waals surface area (Å²) in [5.41, 5.74) is 2.30. The highest BCUT2D eigenvalue weighted by atomic mass is 32.2. The van der Waals surface area contributed by atoms with Crippen LogP contribution in [-0.4, -0.2) is 44.1 Å². The lowest BCUT2D eigenvalue weighted by atomic mass is 9.88. The minimum Gasteiger partial charge on any atom is -0.339 e. The van der Waals surface area contributed by atoms with Crippen LogP contribution in [0.2, 0.25) is 0 Å². The number of piperidine rings is 1. The second-order valence-corrected chi connectivity index (χ2v) is 11.2. The van der Waals surface area contributed by atoms with Crippen LogP contribution in [0.5, 0.6) is 0 Å². The van der Waals surface area contributed by atoms with E-state index in [9.17, 15) is 18.0 Å². The van der Waals surface area contributed by atoms with Crippen LogP contribution in [0.3, 0.4) is 0 Å². The van der Waals surface area contributed by atoms with Crippen molar-refractivity contribution in [2.24, 2.45) is 11.8 Å². The lowest BCUT2D eigenvalue weighted by molar-refractivity contribution is 0.0650. The highest BCUT2D eigenvalue weighted by Crippen LogP contribution is 2.24. The van der Waals surface area contributed by atoms with E-state index < -0.39 is 10.0 Å². The highest BCUT2D eigenvalue weighted by molar-refractivity contribution is 7.89. The molecule has 1 aliphatic heterocycles. The van der Waals surface area contributed by atoms with Crippen LogP contribution in [0.1, 0.15) is 66.8 Å². The molecule has 0 unspecified atom stereocenters. The Kier molecular flexibility index (Phi) is 8.08. The van der Waals surface area contributed by atoms with Gasteiger partial charge in [-0.1, -0.05) is 44.2 Å². The molecule has 2 aromatic rings. The molecule has 33 heavy (non-hydrogen) atoms. The molecule has 1 aliphatic rings. The smallest absolute Gasteiger partial charge is 0.253 e. The van der Waals surface area contributed by atoms with Crippen molar-refractivity contribution in [1.82, 2.24) is 9.62 Å². The SMILES string of the molecule is CC(C)Cc1ccc(C(=O)C2CCN(C(=O)c3cccc(S(=O)(=O)NC(C)C)c3)CC2)cc1. The summed E-state index contributed by atoms with van der Waals surface area (Å²) in [4.78, 5) is 27.7. The van der Waals surface area contributed by atoms with E-state index in [0.717, 1.165) is 12.0 Å². The Morgan fingerprint density at radius 1 is 0.970 bits per heavy atom. The molecule has 0 radical (unpaired) electrons. The third-order valence-corrected chi connectivity index (χ3v) is 7.47. The highest BCUT2D eigenvalue weighted by Gasteiger charge is 2.29. The molecule has 6 nitrogen and oxygen atoms in total. The maximum absolute atomic E-state index is 13.0. The molecule has 0 atom stereocenters. The van der Waals surface area contributed by atoms with Gasteiger partial charge in [-0.25, -0.2) is 13.1 Å². The standard InChI is InChI=1S/C26H34N2O4S/c1-18(2)16-20-8-10-21(11-9-20)25(29)22-12-14-28(15-13-22)26(30)23-6-5-7-24(17-23)33(31,32)27-19(3)4/h5-11,17-19,22,27H,12-16H2,1-4H3. The van der Waals surface area contributed by atoms with Gasteiger partial charge in [-0.3, -0.25) is 9.59 Å². The number of rotatable bonds is 8. The van der Waals surface area contributed by atoms with Gasteiger partial charge in [0.25, 0.3) is 5.91 Å². The van der Waals surface area contributed by atoms with Crippen molar-refractivity contribution in [3.63, 3.8) is 0 Å². The van der Waals surface area contributed by atoms with Gasteiger partial charge in [0.1, 0.15) is 0 Å². The minimum absolute atomic E-state index is 0.0769. The Hall–Kier alpha value is -2.51. The molecule has 178 valence electrons. The summed E-state index contributed by atoms with van der Waals surface area (Å²) < 4.78 is 27.4. The Labute approximate surface area is 197 Å². The van der Waals surface area contributed by atoms with Crippen molar-refractivity contribution < 1.29 is 18.0 Å². The summed E-state index contributed by atoms with van der Waals surface area (Å²) in [6, 6.07) is 13.8. The number of sulfonamides is 1. The molecule has 1 N–H and O–H groups in total. The fourth-order valence-corrected chi connectivity index (χ4v) is 5.51. The number of hydrogen-bond donors (Lipinski definition) is 1. The van der Waals surface area contributed by atoms with Gasteiger partial charge in [0.15, 0.2) is 5.78 Å². The van der Waals surface area contributed by atoms with Crippen molar-refractivity contribution >= 4 is 21.7 Å². The monoisotopic (exact) mass is 470 g/mol. The van der Waals surface area contributed by atoms with Crippen molar-refractivity contribution in [1.29, 1.82) is 0 Å². The molecule has 0 aromatic heterocycles. The van der Waals surface area contributed by atoms with E-state index in [1.54, 1.807) is 30.9 Å². The number of ketones is 1. The van der Waals surface area contributed by atoms with Crippen LogP contribution >= 0.6 is 0 Å². The van der Waals surface area contributed by atoms with Gasteiger partial charge in [0.2, 0.25) is 10.0 Å². The minimum atomic E-state index is -3.67. The first-order valence-corrected chi connectivity index (χ1v) is 13.1. The number of carbonyl (C=O) groups is 2. The molecule has 3 rings (SSSR count). The van der Waals surface area contributed by atoms with Crippen molar-refractivity contribution in [2.75, 3.05) is 13.1 Å². The number of nitrogens with zero attached hydrogens (tertiary/aromatic N) is 1. The van der Waals surface area contributed by atoms with Gasteiger partial charge >= 0.3 is 0 Å². The molecular formula is C26H34N2O4S. The van der Waals surface area contributed by atoms with Gasteiger partial charge in [-0.2, -0.15) is 0 Å². The lowest BCUT2D eigenvalue weighted by Gasteiger charge is -2.31. The maximum atomic E-state index is 13.0. The summed E-state index contributed by atoms with van der Waals surface area (Å²) in [5.74, 6) is 0.388. The van der Waals surface area contributed by atoms with Crippen LogP contribution in [0.25, 0.3) is 0 Å². The fraction of sp³-hybridized carbons (Fsp3) is 0.462. The average molecular weight is 471 g/mol. The number of benzene rings is 2. The van der Waals surface area contributed by atoms with E-state index in [1.165, 1.54) is 17.7 Å². The van der Waals surface area contributed by atoms with Gasteiger partial charge in [-0.15, -0.1) is 0 Å². The van der Waals surface area contributed by atoms with E-state index in [2.05, 4.69) is 18.6 Å². The molecule has 1 amide bonds. The summed E-state index contributed by atoms with van der Waals surface area (Å²) >= 11 is 0. The van der Waals surface area contributed by atoms with Gasteiger partial charge in [-0.05, 0) is 62.8 Å². The number of nitrogens with one attached hydrogen (secondary N) is 1. The molecule has 1 heterocycles. The van der Waals surface area contributed by atoms with Gasteiger partial charge < -0.3 is 4.90 Å². The zero-order valence-corrected chi connectivity index (χ0v) is 20.7. The molecule has 1 saturated heterocycles. The van der Waals surface area contributed by atoms with Gasteiger partial charge in [0, 0.05) is 36.2 Å². The number of Topliss-reactive ketones (excluding diaryl/α,β-unsaturated/α-hetero) is 1. The third kappa shape index (κ3) is 6.51. The Morgan fingerprint density at radius 2 is 1.61 bits per heavy atom. The number of hydrogen-bond acceptors (Lipinski definition) is 4. The quantitative estimate of drug-likeness (QED) is 0.583. The second-order valence-electron chi connectivity index (χ2n) is 9.53. The predicted octanol–water partition coefficient (Wildman–Crippen LogP) is 4.31. The van der Waals surface area contributed by atoms with Crippen LogP contribution in [0.4, 0.5) is 0 Å². The van der Waals surface area contributed by atoms with E-state index in [1.807, 2.05) is 24.3 Å². The first-order valence-electron chi connectivity index (χ1n) is 11.6. The first kappa shape index (κ1) is 25.1. The summed E-state index contributed by atoms with van der Waals surface area (Å²) in [7, 11) is -3.67. The third-order valence-electron chi connectivity index (χ3n) is 5.82. The topological polar surface area (TPSA) is 83.6 Å². The molecule has 0 aliphatic carbocycles.